The summed E-state index contributed by atoms with van der Waals surface area (Å²) >= 11 is 0. The molecular weight excluding hydrogens is 356 g/mol. The quantitative estimate of drug-likeness (QED) is 0.825. The van der Waals surface area contributed by atoms with E-state index in [1.807, 2.05) is 16.7 Å². The topological polar surface area (TPSA) is 63.9 Å². The lowest BCUT2D eigenvalue weighted by molar-refractivity contribution is -0.194. The zero-order chi connectivity index (χ0) is 19.7. The summed E-state index contributed by atoms with van der Waals surface area (Å²) in [5.74, 6) is 0.0904. The molecule has 3 aliphatic heterocycles. The van der Waals surface area contributed by atoms with E-state index in [-0.39, 0.29) is 11.5 Å². The van der Waals surface area contributed by atoms with E-state index >= 15 is 0 Å². The largest absolute Gasteiger partial charge is 0.495 e. The second-order valence-corrected chi connectivity index (χ2v) is 8.55. The number of methoxy groups -OCH3 is 2. The van der Waals surface area contributed by atoms with Gasteiger partial charge in [0, 0.05) is 24.0 Å². The molecule has 3 atom stereocenters. The van der Waals surface area contributed by atoms with Gasteiger partial charge >= 0.3 is 5.97 Å². The molecular formula is C22H28N2O4. The fourth-order valence-electron chi connectivity index (χ4n) is 6.31. The van der Waals surface area contributed by atoms with Crippen LogP contribution < -0.4 is 4.74 Å². The van der Waals surface area contributed by atoms with Crippen molar-refractivity contribution in [3.63, 3.8) is 0 Å². The molecule has 0 saturated carbocycles. The Balaban J connectivity index is 1.92. The highest BCUT2D eigenvalue weighted by atomic mass is 16.5. The van der Waals surface area contributed by atoms with Crippen molar-refractivity contribution in [1.82, 2.24) is 9.47 Å². The minimum atomic E-state index is -1.72. The van der Waals surface area contributed by atoms with Crippen molar-refractivity contribution in [3.05, 3.63) is 29.5 Å². The van der Waals surface area contributed by atoms with E-state index in [0.29, 0.717) is 12.2 Å². The molecule has 1 fully saturated rings. The van der Waals surface area contributed by atoms with Crippen molar-refractivity contribution in [2.24, 2.45) is 5.41 Å². The van der Waals surface area contributed by atoms with Crippen molar-refractivity contribution < 1.29 is 19.4 Å². The van der Waals surface area contributed by atoms with E-state index in [0.717, 1.165) is 55.4 Å². The van der Waals surface area contributed by atoms with Gasteiger partial charge in [-0.05, 0) is 49.3 Å². The molecule has 1 aromatic carbocycles. The van der Waals surface area contributed by atoms with Crippen molar-refractivity contribution >= 4 is 16.9 Å². The maximum absolute atomic E-state index is 13.0. The van der Waals surface area contributed by atoms with E-state index in [1.54, 1.807) is 7.11 Å². The zero-order valence-electron chi connectivity index (χ0n) is 16.8. The molecule has 0 aliphatic carbocycles. The lowest BCUT2D eigenvalue weighted by atomic mass is 9.62. The molecule has 1 saturated heterocycles. The third kappa shape index (κ3) is 2.02. The highest BCUT2D eigenvalue weighted by Gasteiger charge is 2.60. The summed E-state index contributed by atoms with van der Waals surface area (Å²) in [6.45, 7) is 4.28. The van der Waals surface area contributed by atoms with E-state index in [9.17, 15) is 9.90 Å². The van der Waals surface area contributed by atoms with Gasteiger partial charge in [-0.25, -0.2) is 4.79 Å². The highest BCUT2D eigenvalue weighted by molar-refractivity contribution is 5.93. The number of ether oxygens (including phenoxy) is 2. The molecule has 5 rings (SSSR count). The van der Waals surface area contributed by atoms with E-state index in [1.165, 1.54) is 12.7 Å². The number of rotatable bonds is 3. The first kappa shape index (κ1) is 18.0. The average Bonchev–Trinajstić information content (AvgIpc) is 3.08. The van der Waals surface area contributed by atoms with Crippen LogP contribution in [-0.4, -0.2) is 47.9 Å². The normalized spacial score (nSPS) is 31.5. The van der Waals surface area contributed by atoms with Crippen molar-refractivity contribution in [2.75, 3.05) is 27.3 Å². The fraction of sp³-hybridized carbons (Fsp3) is 0.591. The fourth-order valence-corrected chi connectivity index (χ4v) is 6.31. The Kier molecular flexibility index (Phi) is 3.84. The molecule has 1 aromatic heterocycles. The number of aromatic nitrogens is 1. The van der Waals surface area contributed by atoms with Gasteiger partial charge in [-0.2, -0.15) is 0 Å². The van der Waals surface area contributed by atoms with Crippen LogP contribution >= 0.6 is 0 Å². The van der Waals surface area contributed by atoms with Gasteiger partial charge in [-0.1, -0.05) is 19.1 Å². The SMILES string of the molecule is CC[C@]12CCCN3CCc4c(n(c5c(OC)cccc45)[C@@](O)(C(=O)OC)C1)[C@@H]32. The molecule has 6 heteroatoms. The summed E-state index contributed by atoms with van der Waals surface area (Å²) in [6, 6.07) is 6.19. The number of para-hydroxylation sites is 1. The summed E-state index contributed by atoms with van der Waals surface area (Å²) in [6.07, 6.45) is 4.33. The molecule has 150 valence electrons. The molecule has 3 aliphatic rings. The summed E-state index contributed by atoms with van der Waals surface area (Å²) in [4.78, 5) is 15.6. The second-order valence-electron chi connectivity index (χ2n) is 8.55. The summed E-state index contributed by atoms with van der Waals surface area (Å²) in [5.41, 5.74) is 1.29. The summed E-state index contributed by atoms with van der Waals surface area (Å²) in [5, 5.41) is 13.0. The third-order valence-electron chi connectivity index (χ3n) is 7.48. The van der Waals surface area contributed by atoms with Crippen molar-refractivity contribution in [1.29, 1.82) is 0 Å². The highest BCUT2D eigenvalue weighted by Crippen LogP contribution is 2.61. The molecule has 1 N–H and O–H groups in total. The molecule has 2 aromatic rings. The van der Waals surface area contributed by atoms with E-state index in [2.05, 4.69) is 17.9 Å². The number of aliphatic hydroxyl groups is 1. The van der Waals surface area contributed by atoms with Crippen LogP contribution in [0.25, 0.3) is 10.9 Å². The maximum Gasteiger partial charge on any atom is 0.359 e. The molecule has 0 unspecified atom stereocenters. The van der Waals surface area contributed by atoms with Crippen molar-refractivity contribution in [3.8, 4) is 5.75 Å². The van der Waals surface area contributed by atoms with Gasteiger partial charge in [-0.15, -0.1) is 0 Å². The predicted molar refractivity (Wildman–Crippen MR) is 105 cm³/mol. The Morgan fingerprint density at radius 1 is 1.32 bits per heavy atom. The van der Waals surface area contributed by atoms with Crippen LogP contribution in [0, 0.1) is 5.41 Å². The molecule has 28 heavy (non-hydrogen) atoms. The molecule has 0 radical (unpaired) electrons. The second kappa shape index (κ2) is 5.97. The van der Waals surface area contributed by atoms with Gasteiger partial charge in [0.15, 0.2) is 0 Å². The number of fused-ring (bicyclic) bond motifs is 3. The van der Waals surface area contributed by atoms with Crippen LogP contribution in [0.15, 0.2) is 18.2 Å². The van der Waals surface area contributed by atoms with Crippen LogP contribution in [0.3, 0.4) is 0 Å². The number of nitrogens with zero attached hydrogens (tertiary/aromatic N) is 2. The Morgan fingerprint density at radius 3 is 2.86 bits per heavy atom. The predicted octanol–water partition coefficient (Wildman–Crippen LogP) is 2.96. The molecule has 0 amide bonds. The van der Waals surface area contributed by atoms with Gasteiger partial charge in [0.05, 0.1) is 25.8 Å². The van der Waals surface area contributed by atoms with Gasteiger partial charge in [-0.3, -0.25) is 4.90 Å². The lowest BCUT2D eigenvalue weighted by Gasteiger charge is -2.57. The zero-order valence-corrected chi connectivity index (χ0v) is 16.8. The minimum absolute atomic E-state index is 0.131. The van der Waals surface area contributed by atoms with Gasteiger partial charge in [0.25, 0.3) is 0 Å². The van der Waals surface area contributed by atoms with Crippen LogP contribution in [0.4, 0.5) is 0 Å². The number of esters is 1. The van der Waals surface area contributed by atoms with Gasteiger partial charge in [0.2, 0.25) is 5.72 Å². The lowest BCUT2D eigenvalue weighted by Crippen LogP contribution is -2.60. The van der Waals surface area contributed by atoms with Crippen LogP contribution in [0.5, 0.6) is 5.75 Å². The number of benzene rings is 1. The standard InChI is InChI=1S/C22H28N2O4/c1-4-21-10-6-11-23-12-9-15-14-7-5-8-16(27-2)17(14)24(18(15)19(21)23)22(26,13-21)20(25)28-3/h5,7-8,19,26H,4,6,9-13H2,1-3H3/t19-,21+,22+/m1/s1. The van der Waals surface area contributed by atoms with E-state index in [4.69, 9.17) is 9.47 Å². The van der Waals surface area contributed by atoms with Crippen LogP contribution in [0.1, 0.15) is 49.9 Å². The Bertz CT molecular complexity index is 967. The molecule has 6 nitrogen and oxygen atoms in total. The van der Waals surface area contributed by atoms with Gasteiger partial charge < -0.3 is 19.1 Å². The number of hydrogen-bond donors (Lipinski definition) is 1. The third-order valence-corrected chi connectivity index (χ3v) is 7.48. The monoisotopic (exact) mass is 384 g/mol. The Morgan fingerprint density at radius 2 is 2.14 bits per heavy atom. The first-order valence-electron chi connectivity index (χ1n) is 10.3. The summed E-state index contributed by atoms with van der Waals surface area (Å²) < 4.78 is 12.7. The van der Waals surface area contributed by atoms with Crippen LogP contribution in [-0.2, 0) is 21.7 Å². The van der Waals surface area contributed by atoms with E-state index < -0.39 is 11.7 Å². The Hall–Kier alpha value is -2.05. The first-order chi connectivity index (χ1) is 13.5. The number of carbonyl (C=O) groups is 1. The molecule has 4 heterocycles. The molecule has 0 spiro atoms. The average molecular weight is 384 g/mol. The number of hydrogen-bond acceptors (Lipinski definition) is 5. The molecule has 0 bridgehead atoms. The summed E-state index contributed by atoms with van der Waals surface area (Å²) in [7, 11) is 2.99. The maximum atomic E-state index is 13.0. The number of piperidine rings is 1. The van der Waals surface area contributed by atoms with Gasteiger partial charge in [0.1, 0.15) is 5.75 Å². The smallest absolute Gasteiger partial charge is 0.359 e. The van der Waals surface area contributed by atoms with Crippen molar-refractivity contribution in [2.45, 2.75) is 50.8 Å². The Labute approximate surface area is 165 Å². The number of carbonyl (C=O) groups excluding carboxylic acids is 1. The first-order valence-corrected chi connectivity index (χ1v) is 10.3. The minimum Gasteiger partial charge on any atom is -0.495 e. The van der Waals surface area contributed by atoms with Crippen LogP contribution in [0.2, 0.25) is 0 Å².